The number of carbonyl (C=O) groups is 1. The Morgan fingerprint density at radius 3 is 2.90 bits per heavy atom. The second-order valence-corrected chi connectivity index (χ2v) is 1.93. The lowest BCUT2D eigenvalue weighted by Crippen LogP contribution is -1.92. The van der Waals surface area contributed by atoms with Crippen LogP contribution in [0.2, 0.25) is 0 Å². The van der Waals surface area contributed by atoms with Crippen LogP contribution in [0.5, 0.6) is 0 Å². The normalized spacial score (nSPS) is 9.40. The van der Waals surface area contributed by atoms with Crippen molar-refractivity contribution in [2.75, 3.05) is 0 Å². The van der Waals surface area contributed by atoms with Gasteiger partial charge in [-0.15, -0.1) is 0 Å². The summed E-state index contributed by atoms with van der Waals surface area (Å²) in [6, 6.07) is 1.48. The molecular formula is C7H6FNO. The summed E-state index contributed by atoms with van der Waals surface area (Å²) in [4.78, 5) is 13.5. The third-order valence-corrected chi connectivity index (χ3v) is 1.31. The fourth-order valence-electron chi connectivity index (χ4n) is 0.652. The predicted molar refractivity (Wildman–Crippen MR) is 34.3 cm³/mol. The van der Waals surface area contributed by atoms with E-state index in [2.05, 4.69) is 4.98 Å². The lowest BCUT2D eigenvalue weighted by Gasteiger charge is -1.95. The Hall–Kier alpha value is -1.25. The predicted octanol–water partition coefficient (Wildman–Crippen LogP) is 1.34. The zero-order chi connectivity index (χ0) is 7.56. The van der Waals surface area contributed by atoms with Gasteiger partial charge in [0.1, 0.15) is 0 Å². The van der Waals surface area contributed by atoms with E-state index in [0.29, 0.717) is 17.4 Å². The molecule has 0 bridgehead atoms. The molecule has 0 unspecified atom stereocenters. The molecule has 0 aliphatic rings. The summed E-state index contributed by atoms with van der Waals surface area (Å²) in [6.45, 7) is 1.52. The Balaban J connectivity index is 3.27. The summed E-state index contributed by atoms with van der Waals surface area (Å²) in [5, 5.41) is 0. The molecule has 0 aromatic carbocycles. The highest BCUT2D eigenvalue weighted by atomic mass is 19.1. The number of rotatable bonds is 1. The standard InChI is InChI=1S/C7H6FNO/c1-5-6(4-10)2-3-9-7(5)8/h2-4H,1H3. The van der Waals surface area contributed by atoms with Gasteiger partial charge in [-0.3, -0.25) is 4.79 Å². The molecule has 0 saturated carbocycles. The monoisotopic (exact) mass is 139 g/mol. The van der Waals surface area contributed by atoms with Gasteiger partial charge in [0.25, 0.3) is 0 Å². The summed E-state index contributed by atoms with van der Waals surface area (Å²) in [6.07, 6.45) is 1.88. The van der Waals surface area contributed by atoms with E-state index in [-0.39, 0.29) is 0 Å². The molecule has 1 heterocycles. The maximum atomic E-state index is 12.5. The van der Waals surface area contributed by atoms with Gasteiger partial charge in [0.15, 0.2) is 6.29 Å². The Labute approximate surface area is 57.7 Å². The number of aldehydes is 1. The molecule has 0 radical (unpaired) electrons. The van der Waals surface area contributed by atoms with Crippen molar-refractivity contribution >= 4 is 6.29 Å². The van der Waals surface area contributed by atoms with Crippen molar-refractivity contribution in [1.29, 1.82) is 0 Å². The van der Waals surface area contributed by atoms with Crippen LogP contribution < -0.4 is 0 Å². The SMILES string of the molecule is Cc1c(C=O)ccnc1F. The molecule has 0 aliphatic carbocycles. The van der Waals surface area contributed by atoms with Crippen LogP contribution in [-0.4, -0.2) is 11.3 Å². The molecule has 0 atom stereocenters. The zero-order valence-electron chi connectivity index (χ0n) is 5.47. The second kappa shape index (κ2) is 2.56. The molecule has 2 nitrogen and oxygen atoms in total. The number of hydrogen-bond donors (Lipinski definition) is 0. The van der Waals surface area contributed by atoms with Crippen LogP contribution in [0.4, 0.5) is 4.39 Å². The molecule has 0 saturated heterocycles. The first-order chi connectivity index (χ1) is 4.75. The summed E-state index contributed by atoms with van der Waals surface area (Å²) in [5.41, 5.74) is 0.657. The average Bonchev–Trinajstić information content (AvgIpc) is 1.95. The highest BCUT2D eigenvalue weighted by Crippen LogP contribution is 2.05. The van der Waals surface area contributed by atoms with Gasteiger partial charge < -0.3 is 0 Å². The Bertz CT molecular complexity index is 260. The van der Waals surface area contributed by atoms with E-state index in [9.17, 15) is 9.18 Å². The Kier molecular flexibility index (Phi) is 1.76. The smallest absolute Gasteiger partial charge is 0.216 e. The molecule has 0 fully saturated rings. The molecule has 1 aromatic rings. The average molecular weight is 139 g/mol. The molecule has 1 aromatic heterocycles. The van der Waals surface area contributed by atoms with Gasteiger partial charge >= 0.3 is 0 Å². The van der Waals surface area contributed by atoms with Crippen LogP contribution in [0.15, 0.2) is 12.3 Å². The van der Waals surface area contributed by atoms with Crippen LogP contribution in [-0.2, 0) is 0 Å². The number of pyridine rings is 1. The van der Waals surface area contributed by atoms with Gasteiger partial charge in [0.05, 0.1) is 0 Å². The van der Waals surface area contributed by atoms with Gasteiger partial charge in [-0.1, -0.05) is 0 Å². The summed E-state index contributed by atoms with van der Waals surface area (Å²) >= 11 is 0. The summed E-state index contributed by atoms with van der Waals surface area (Å²) in [7, 11) is 0. The van der Waals surface area contributed by atoms with Crippen LogP contribution in [0, 0.1) is 12.9 Å². The largest absolute Gasteiger partial charge is 0.298 e. The van der Waals surface area contributed by atoms with E-state index in [1.807, 2.05) is 0 Å². The lowest BCUT2D eigenvalue weighted by molar-refractivity contribution is 0.112. The number of hydrogen-bond acceptors (Lipinski definition) is 2. The first kappa shape index (κ1) is 6.86. The minimum Gasteiger partial charge on any atom is -0.298 e. The Morgan fingerprint density at radius 2 is 2.40 bits per heavy atom. The molecule has 0 N–H and O–H groups in total. The molecule has 0 spiro atoms. The summed E-state index contributed by atoms with van der Waals surface area (Å²) < 4.78 is 12.5. The number of nitrogens with zero attached hydrogens (tertiary/aromatic N) is 1. The number of aromatic nitrogens is 1. The lowest BCUT2D eigenvalue weighted by atomic mass is 10.2. The third kappa shape index (κ3) is 1.03. The fraction of sp³-hybridized carbons (Fsp3) is 0.143. The van der Waals surface area contributed by atoms with Crippen molar-refractivity contribution in [3.8, 4) is 0 Å². The molecular weight excluding hydrogens is 133 g/mol. The molecule has 3 heteroatoms. The summed E-state index contributed by atoms with van der Waals surface area (Å²) in [5.74, 6) is -0.579. The van der Waals surface area contributed by atoms with Crippen molar-refractivity contribution in [2.24, 2.45) is 0 Å². The van der Waals surface area contributed by atoms with Gasteiger partial charge in [-0.2, -0.15) is 4.39 Å². The van der Waals surface area contributed by atoms with Crippen molar-refractivity contribution in [3.63, 3.8) is 0 Å². The molecule has 1 rings (SSSR count). The molecule has 52 valence electrons. The van der Waals surface area contributed by atoms with Gasteiger partial charge in [0.2, 0.25) is 5.95 Å². The van der Waals surface area contributed by atoms with E-state index < -0.39 is 5.95 Å². The Morgan fingerprint density at radius 1 is 1.70 bits per heavy atom. The van der Waals surface area contributed by atoms with Gasteiger partial charge in [0, 0.05) is 17.3 Å². The molecule has 10 heavy (non-hydrogen) atoms. The van der Waals surface area contributed by atoms with Crippen LogP contribution in [0.25, 0.3) is 0 Å². The maximum Gasteiger partial charge on any atom is 0.216 e. The van der Waals surface area contributed by atoms with E-state index in [0.717, 1.165) is 0 Å². The van der Waals surface area contributed by atoms with E-state index >= 15 is 0 Å². The van der Waals surface area contributed by atoms with Crippen molar-refractivity contribution in [1.82, 2.24) is 4.98 Å². The second-order valence-electron chi connectivity index (χ2n) is 1.93. The topological polar surface area (TPSA) is 30.0 Å². The maximum absolute atomic E-state index is 12.5. The van der Waals surface area contributed by atoms with E-state index in [4.69, 9.17) is 0 Å². The number of halogens is 1. The number of carbonyl (C=O) groups excluding carboxylic acids is 1. The van der Waals surface area contributed by atoms with Gasteiger partial charge in [-0.25, -0.2) is 4.98 Å². The highest BCUT2D eigenvalue weighted by Gasteiger charge is 2.01. The first-order valence-electron chi connectivity index (χ1n) is 2.82. The van der Waals surface area contributed by atoms with Crippen molar-refractivity contribution in [2.45, 2.75) is 6.92 Å². The minimum absolute atomic E-state index is 0.303. The van der Waals surface area contributed by atoms with E-state index in [1.165, 1.54) is 19.2 Å². The molecule has 0 amide bonds. The first-order valence-corrected chi connectivity index (χ1v) is 2.82. The third-order valence-electron chi connectivity index (χ3n) is 1.31. The quantitative estimate of drug-likeness (QED) is 0.434. The van der Waals surface area contributed by atoms with Gasteiger partial charge in [-0.05, 0) is 13.0 Å². The van der Waals surface area contributed by atoms with Crippen molar-refractivity contribution < 1.29 is 9.18 Å². The van der Waals surface area contributed by atoms with Crippen LogP contribution in [0.1, 0.15) is 15.9 Å². The highest BCUT2D eigenvalue weighted by molar-refractivity contribution is 5.76. The fourth-order valence-corrected chi connectivity index (χ4v) is 0.652. The molecule has 0 aliphatic heterocycles. The van der Waals surface area contributed by atoms with Crippen molar-refractivity contribution in [3.05, 3.63) is 29.3 Å². The van der Waals surface area contributed by atoms with Crippen LogP contribution >= 0.6 is 0 Å². The van der Waals surface area contributed by atoms with Crippen LogP contribution in [0.3, 0.4) is 0 Å². The minimum atomic E-state index is -0.579. The van der Waals surface area contributed by atoms with E-state index in [1.54, 1.807) is 0 Å². The zero-order valence-corrected chi connectivity index (χ0v) is 5.47.